The normalized spacial score (nSPS) is 11.1. The van der Waals surface area contributed by atoms with Crippen molar-refractivity contribution in [3.05, 3.63) is 60.2 Å². The van der Waals surface area contributed by atoms with Crippen LogP contribution in [0.4, 0.5) is 0 Å². The molecule has 23 heavy (non-hydrogen) atoms. The van der Waals surface area contributed by atoms with E-state index in [1.54, 1.807) is 18.6 Å². The van der Waals surface area contributed by atoms with Gasteiger partial charge in [0.05, 0.1) is 17.2 Å². The minimum atomic E-state index is -0.110. The fourth-order valence-electron chi connectivity index (χ4n) is 2.23. The average molecular weight is 307 g/mol. The van der Waals surface area contributed by atoms with Crippen LogP contribution in [0.5, 0.6) is 0 Å². The average Bonchev–Trinajstić information content (AvgIpc) is 2.98. The molecule has 3 aromatic rings. The van der Waals surface area contributed by atoms with Crippen molar-refractivity contribution >= 4 is 23.2 Å². The Balaban J connectivity index is 1.43. The van der Waals surface area contributed by atoms with E-state index in [0.717, 1.165) is 28.8 Å². The molecule has 1 amide bonds. The van der Waals surface area contributed by atoms with Gasteiger partial charge in [-0.25, -0.2) is 10.4 Å². The number of aromatic nitrogens is 3. The molecule has 0 aliphatic rings. The maximum absolute atomic E-state index is 11.7. The van der Waals surface area contributed by atoms with E-state index in [4.69, 9.17) is 0 Å². The number of nitrogens with zero attached hydrogens (tertiary/aromatic N) is 3. The van der Waals surface area contributed by atoms with Gasteiger partial charge in [0.25, 0.3) is 0 Å². The van der Waals surface area contributed by atoms with E-state index in [1.165, 1.54) is 0 Å². The minimum Gasteiger partial charge on any atom is -0.342 e. The van der Waals surface area contributed by atoms with E-state index >= 15 is 0 Å². The Kier molecular flexibility index (Phi) is 4.73. The molecule has 0 bridgehead atoms. The number of amides is 1. The predicted molar refractivity (Wildman–Crippen MR) is 89.0 cm³/mol. The molecule has 0 radical (unpaired) electrons. The quantitative estimate of drug-likeness (QED) is 0.542. The Labute approximate surface area is 133 Å². The lowest BCUT2D eigenvalue weighted by Gasteiger charge is -1.99. The zero-order valence-corrected chi connectivity index (χ0v) is 12.6. The van der Waals surface area contributed by atoms with Crippen molar-refractivity contribution in [2.45, 2.75) is 19.3 Å². The number of nitrogens with one attached hydrogen (secondary N) is 2. The van der Waals surface area contributed by atoms with Gasteiger partial charge in [0.1, 0.15) is 5.82 Å². The van der Waals surface area contributed by atoms with Gasteiger partial charge >= 0.3 is 0 Å². The number of benzene rings is 1. The van der Waals surface area contributed by atoms with Crippen LogP contribution in [0.1, 0.15) is 24.2 Å². The number of carbonyl (C=O) groups excluding carboxylic acids is 1. The van der Waals surface area contributed by atoms with Crippen molar-refractivity contribution in [3.63, 3.8) is 0 Å². The first-order valence-corrected chi connectivity index (χ1v) is 7.47. The first-order chi connectivity index (χ1) is 11.3. The van der Waals surface area contributed by atoms with Crippen LogP contribution in [0.15, 0.2) is 53.9 Å². The van der Waals surface area contributed by atoms with E-state index in [9.17, 15) is 4.79 Å². The fourth-order valence-corrected chi connectivity index (χ4v) is 2.23. The Morgan fingerprint density at radius 2 is 2.17 bits per heavy atom. The third-order valence-electron chi connectivity index (χ3n) is 3.34. The number of hydrogen-bond donors (Lipinski definition) is 2. The molecule has 0 fully saturated rings. The summed E-state index contributed by atoms with van der Waals surface area (Å²) in [5, 5.41) is 3.91. The predicted octanol–water partition coefficient (Wildman–Crippen LogP) is 2.43. The third kappa shape index (κ3) is 4.23. The molecule has 2 N–H and O–H groups in total. The summed E-state index contributed by atoms with van der Waals surface area (Å²) in [5.41, 5.74) is 5.33. The van der Waals surface area contributed by atoms with Crippen molar-refractivity contribution in [2.24, 2.45) is 5.10 Å². The van der Waals surface area contributed by atoms with Gasteiger partial charge in [-0.05, 0) is 24.6 Å². The van der Waals surface area contributed by atoms with Crippen LogP contribution >= 0.6 is 0 Å². The summed E-state index contributed by atoms with van der Waals surface area (Å²) >= 11 is 0. The Morgan fingerprint density at radius 3 is 3.00 bits per heavy atom. The first-order valence-electron chi connectivity index (χ1n) is 7.47. The SMILES string of the molecule is O=C(CCCc1nc2ccccc2[nH]1)N/N=C/c1cccnc1. The monoisotopic (exact) mass is 307 g/mol. The molecular formula is C17H17N5O. The number of imidazole rings is 1. The largest absolute Gasteiger partial charge is 0.342 e. The number of para-hydroxylation sites is 2. The van der Waals surface area contributed by atoms with Crippen LogP contribution < -0.4 is 5.43 Å². The Morgan fingerprint density at radius 1 is 1.26 bits per heavy atom. The summed E-state index contributed by atoms with van der Waals surface area (Å²) in [4.78, 5) is 23.4. The highest BCUT2D eigenvalue weighted by molar-refractivity contribution is 5.82. The van der Waals surface area contributed by atoms with E-state index in [0.29, 0.717) is 12.8 Å². The second-order valence-electron chi connectivity index (χ2n) is 5.13. The van der Waals surface area contributed by atoms with Crippen molar-refractivity contribution in [1.82, 2.24) is 20.4 Å². The number of aromatic amines is 1. The molecule has 3 rings (SSSR count). The van der Waals surface area contributed by atoms with E-state index in [-0.39, 0.29) is 5.91 Å². The molecule has 0 aliphatic heterocycles. The summed E-state index contributed by atoms with van der Waals surface area (Å²) in [7, 11) is 0. The highest BCUT2D eigenvalue weighted by atomic mass is 16.2. The fraction of sp³-hybridized carbons (Fsp3) is 0.176. The van der Waals surface area contributed by atoms with E-state index < -0.39 is 0 Å². The molecule has 2 heterocycles. The van der Waals surface area contributed by atoms with Crippen LogP contribution in [-0.4, -0.2) is 27.1 Å². The molecule has 0 saturated carbocycles. The molecule has 1 aromatic carbocycles. The van der Waals surface area contributed by atoms with Crippen LogP contribution in [0, 0.1) is 0 Å². The van der Waals surface area contributed by atoms with Crippen molar-refractivity contribution in [2.75, 3.05) is 0 Å². The lowest BCUT2D eigenvalue weighted by Crippen LogP contribution is -2.17. The lowest BCUT2D eigenvalue weighted by atomic mass is 10.2. The number of aryl methyl sites for hydroxylation is 1. The summed E-state index contributed by atoms with van der Waals surface area (Å²) in [5.74, 6) is 0.791. The highest BCUT2D eigenvalue weighted by Gasteiger charge is 2.04. The van der Waals surface area contributed by atoms with Crippen molar-refractivity contribution < 1.29 is 4.79 Å². The molecule has 0 saturated heterocycles. The molecule has 0 aliphatic carbocycles. The molecule has 116 valence electrons. The lowest BCUT2D eigenvalue weighted by molar-refractivity contribution is -0.121. The second-order valence-corrected chi connectivity index (χ2v) is 5.13. The standard InChI is InChI=1S/C17H17N5O/c23-17(22-19-12-13-5-4-10-18-11-13)9-3-8-16-20-14-6-1-2-7-15(14)21-16/h1-2,4-7,10-12H,3,8-9H2,(H,20,21)(H,22,23)/b19-12+. The maximum atomic E-state index is 11.7. The number of fused-ring (bicyclic) bond motifs is 1. The number of H-pyrrole nitrogens is 1. The summed E-state index contributed by atoms with van der Waals surface area (Å²) in [6, 6.07) is 11.6. The number of hydrogen-bond acceptors (Lipinski definition) is 4. The van der Waals surface area contributed by atoms with Gasteiger partial charge in [-0.3, -0.25) is 9.78 Å². The number of carbonyl (C=O) groups is 1. The zero-order valence-electron chi connectivity index (χ0n) is 12.6. The van der Waals surface area contributed by atoms with Crippen molar-refractivity contribution in [1.29, 1.82) is 0 Å². The maximum Gasteiger partial charge on any atom is 0.240 e. The zero-order chi connectivity index (χ0) is 15.9. The summed E-state index contributed by atoms with van der Waals surface area (Å²) < 4.78 is 0. The second kappa shape index (κ2) is 7.31. The van der Waals surface area contributed by atoms with Gasteiger partial charge in [0.15, 0.2) is 0 Å². The smallest absolute Gasteiger partial charge is 0.240 e. The summed E-state index contributed by atoms with van der Waals surface area (Å²) in [6.07, 6.45) is 6.79. The van der Waals surface area contributed by atoms with Crippen LogP contribution in [0.25, 0.3) is 11.0 Å². The topological polar surface area (TPSA) is 83.0 Å². The van der Waals surface area contributed by atoms with Gasteiger partial charge in [-0.15, -0.1) is 0 Å². The van der Waals surface area contributed by atoms with Crippen LogP contribution in [-0.2, 0) is 11.2 Å². The van der Waals surface area contributed by atoms with Gasteiger partial charge in [0, 0.05) is 30.8 Å². The van der Waals surface area contributed by atoms with Gasteiger partial charge in [-0.1, -0.05) is 18.2 Å². The number of rotatable bonds is 6. The molecule has 6 heteroatoms. The van der Waals surface area contributed by atoms with Gasteiger partial charge < -0.3 is 4.98 Å². The van der Waals surface area contributed by atoms with Gasteiger partial charge in [0.2, 0.25) is 5.91 Å². The molecule has 2 aromatic heterocycles. The minimum absolute atomic E-state index is 0.110. The molecule has 0 unspecified atom stereocenters. The number of hydrazone groups is 1. The Bertz CT molecular complexity index is 777. The number of pyridine rings is 1. The van der Waals surface area contributed by atoms with Crippen molar-refractivity contribution in [3.8, 4) is 0 Å². The molecule has 6 nitrogen and oxygen atoms in total. The van der Waals surface area contributed by atoms with Crippen LogP contribution in [0.2, 0.25) is 0 Å². The highest BCUT2D eigenvalue weighted by Crippen LogP contribution is 2.11. The Hall–Kier alpha value is -3.02. The van der Waals surface area contributed by atoms with E-state index in [1.807, 2.05) is 36.4 Å². The van der Waals surface area contributed by atoms with E-state index in [2.05, 4.69) is 25.5 Å². The third-order valence-corrected chi connectivity index (χ3v) is 3.34. The summed E-state index contributed by atoms with van der Waals surface area (Å²) in [6.45, 7) is 0. The molecule has 0 spiro atoms. The molecule has 0 atom stereocenters. The van der Waals surface area contributed by atoms with Crippen LogP contribution in [0.3, 0.4) is 0 Å². The first kappa shape index (κ1) is 14.9. The molecular weight excluding hydrogens is 290 g/mol. The van der Waals surface area contributed by atoms with Gasteiger partial charge in [-0.2, -0.15) is 5.10 Å².